The molecule has 0 amide bonds. The van der Waals surface area contributed by atoms with E-state index in [2.05, 4.69) is 4.74 Å². The van der Waals surface area contributed by atoms with Crippen molar-refractivity contribution >= 4 is 5.97 Å². The van der Waals surface area contributed by atoms with Gasteiger partial charge in [0.05, 0.1) is 19.8 Å². The number of ether oxygens (including phenoxy) is 2. The minimum Gasteiger partial charge on any atom is -0.466 e. The van der Waals surface area contributed by atoms with Crippen molar-refractivity contribution in [1.82, 2.24) is 0 Å². The summed E-state index contributed by atoms with van der Waals surface area (Å²) in [5.41, 5.74) is 1.07. The fourth-order valence-corrected chi connectivity index (χ4v) is 1.79. The van der Waals surface area contributed by atoms with E-state index < -0.39 is 5.97 Å². The van der Waals surface area contributed by atoms with Gasteiger partial charge in [-0.25, -0.2) is 4.79 Å². The number of hydrogen-bond acceptors (Lipinski definition) is 4. The molecule has 0 fully saturated rings. The third-order valence-corrected chi connectivity index (χ3v) is 3.05. The highest BCUT2D eigenvalue weighted by Gasteiger charge is 2.15. The molecule has 0 unspecified atom stereocenters. The minimum absolute atomic E-state index is 0.0957. The van der Waals surface area contributed by atoms with Crippen LogP contribution < -0.4 is 0 Å². The van der Waals surface area contributed by atoms with Crippen molar-refractivity contribution in [2.75, 3.05) is 13.7 Å². The van der Waals surface area contributed by atoms with Crippen LogP contribution in [0.15, 0.2) is 42.5 Å². The van der Waals surface area contributed by atoms with Crippen molar-refractivity contribution in [2.24, 2.45) is 5.92 Å². The third kappa shape index (κ3) is 5.99. The first-order valence-electron chi connectivity index (χ1n) is 6.70. The molecule has 0 spiro atoms. The Bertz CT molecular complexity index is 414. The Morgan fingerprint density at radius 3 is 2.65 bits per heavy atom. The first-order valence-corrected chi connectivity index (χ1v) is 6.70. The van der Waals surface area contributed by atoms with Crippen molar-refractivity contribution in [3.8, 4) is 0 Å². The summed E-state index contributed by atoms with van der Waals surface area (Å²) in [6, 6.07) is 9.83. The predicted molar refractivity (Wildman–Crippen MR) is 77.0 cm³/mol. The van der Waals surface area contributed by atoms with Gasteiger partial charge in [-0.15, -0.1) is 0 Å². The van der Waals surface area contributed by atoms with E-state index in [0.717, 1.165) is 5.56 Å². The Hall–Kier alpha value is -1.65. The summed E-state index contributed by atoms with van der Waals surface area (Å²) < 4.78 is 10.4. The van der Waals surface area contributed by atoms with Crippen LogP contribution in [0, 0.1) is 5.92 Å². The summed E-state index contributed by atoms with van der Waals surface area (Å²) in [6.45, 7) is 2.54. The fraction of sp³-hybridized carbons (Fsp3) is 0.438. The van der Waals surface area contributed by atoms with Crippen LogP contribution in [0.3, 0.4) is 0 Å². The lowest BCUT2D eigenvalue weighted by Gasteiger charge is -2.21. The van der Waals surface area contributed by atoms with Gasteiger partial charge >= 0.3 is 5.97 Å². The van der Waals surface area contributed by atoms with Crippen LogP contribution in [0.2, 0.25) is 0 Å². The Morgan fingerprint density at radius 2 is 2.05 bits per heavy atom. The molecule has 0 aromatic heterocycles. The van der Waals surface area contributed by atoms with Gasteiger partial charge in [0.1, 0.15) is 0 Å². The zero-order valence-electron chi connectivity index (χ0n) is 12.0. The highest BCUT2D eigenvalue weighted by molar-refractivity contribution is 5.81. The van der Waals surface area contributed by atoms with Crippen LogP contribution in [-0.4, -0.2) is 30.9 Å². The van der Waals surface area contributed by atoms with Gasteiger partial charge in [-0.2, -0.15) is 0 Å². The van der Waals surface area contributed by atoms with E-state index in [4.69, 9.17) is 9.84 Å². The van der Waals surface area contributed by atoms with E-state index in [1.54, 1.807) is 6.08 Å². The van der Waals surface area contributed by atoms with Crippen molar-refractivity contribution in [3.05, 3.63) is 48.0 Å². The van der Waals surface area contributed by atoms with Crippen molar-refractivity contribution in [1.29, 1.82) is 0 Å². The normalized spacial score (nSPS) is 14.2. The van der Waals surface area contributed by atoms with Crippen LogP contribution in [0.1, 0.15) is 18.9 Å². The number of hydrogen-bond donors (Lipinski definition) is 1. The molecule has 1 N–H and O–H groups in total. The quantitative estimate of drug-likeness (QED) is 0.585. The van der Waals surface area contributed by atoms with E-state index in [-0.39, 0.29) is 18.6 Å². The number of carbonyl (C=O) groups excluding carboxylic acids is 1. The van der Waals surface area contributed by atoms with Gasteiger partial charge in [0, 0.05) is 12.7 Å². The first kappa shape index (κ1) is 16.4. The van der Waals surface area contributed by atoms with Crippen LogP contribution in [0.5, 0.6) is 0 Å². The minimum atomic E-state index is -0.408. The Balaban J connectivity index is 2.62. The average molecular weight is 278 g/mol. The lowest BCUT2D eigenvalue weighted by atomic mass is 10.0. The number of esters is 1. The zero-order chi connectivity index (χ0) is 14.8. The Kier molecular flexibility index (Phi) is 7.62. The van der Waals surface area contributed by atoms with Gasteiger partial charge in [0.2, 0.25) is 0 Å². The highest BCUT2D eigenvalue weighted by Crippen LogP contribution is 2.15. The third-order valence-electron chi connectivity index (χ3n) is 3.05. The molecule has 4 nitrogen and oxygen atoms in total. The predicted octanol–water partition coefficient (Wildman–Crippen LogP) is 2.32. The van der Waals surface area contributed by atoms with Gasteiger partial charge in [-0.3, -0.25) is 0 Å². The van der Waals surface area contributed by atoms with Gasteiger partial charge in [0.15, 0.2) is 0 Å². The van der Waals surface area contributed by atoms with Gasteiger partial charge in [0.25, 0.3) is 0 Å². The van der Waals surface area contributed by atoms with Gasteiger partial charge in [-0.05, 0) is 24.0 Å². The lowest BCUT2D eigenvalue weighted by molar-refractivity contribution is -0.134. The lowest BCUT2D eigenvalue weighted by Crippen LogP contribution is -2.21. The molecule has 20 heavy (non-hydrogen) atoms. The van der Waals surface area contributed by atoms with Crippen LogP contribution >= 0.6 is 0 Å². The highest BCUT2D eigenvalue weighted by atomic mass is 16.5. The summed E-state index contributed by atoms with van der Waals surface area (Å²) in [5.74, 6) is -0.292. The molecular weight excluding hydrogens is 256 g/mol. The number of benzene rings is 1. The first-order chi connectivity index (χ1) is 9.67. The fourth-order valence-electron chi connectivity index (χ4n) is 1.79. The summed E-state index contributed by atoms with van der Waals surface area (Å²) in [7, 11) is 1.34. The molecule has 110 valence electrons. The molecule has 0 aliphatic carbocycles. The smallest absolute Gasteiger partial charge is 0.330 e. The van der Waals surface area contributed by atoms with Gasteiger partial charge in [-0.1, -0.05) is 37.3 Å². The maximum Gasteiger partial charge on any atom is 0.330 e. The summed E-state index contributed by atoms with van der Waals surface area (Å²) in [6.07, 6.45) is 3.44. The number of rotatable bonds is 8. The summed E-state index contributed by atoms with van der Waals surface area (Å²) in [5, 5.41) is 9.02. The van der Waals surface area contributed by atoms with E-state index in [1.807, 2.05) is 37.3 Å². The largest absolute Gasteiger partial charge is 0.466 e. The summed E-state index contributed by atoms with van der Waals surface area (Å²) in [4.78, 5) is 11.2. The number of aliphatic hydroxyl groups is 1. The monoisotopic (exact) mass is 278 g/mol. The van der Waals surface area contributed by atoms with Crippen molar-refractivity contribution in [2.45, 2.75) is 26.1 Å². The molecule has 0 saturated carbocycles. The molecule has 0 aliphatic rings. The Labute approximate surface area is 120 Å². The molecule has 1 rings (SSSR count). The molecule has 2 atom stereocenters. The van der Waals surface area contributed by atoms with E-state index in [1.165, 1.54) is 13.2 Å². The number of carbonyl (C=O) groups is 1. The van der Waals surface area contributed by atoms with Gasteiger partial charge < -0.3 is 14.6 Å². The molecule has 1 aromatic rings. The van der Waals surface area contributed by atoms with Crippen LogP contribution in [0.4, 0.5) is 0 Å². The van der Waals surface area contributed by atoms with E-state index in [9.17, 15) is 4.79 Å². The van der Waals surface area contributed by atoms with E-state index >= 15 is 0 Å². The number of methoxy groups -OCH3 is 1. The second kappa shape index (κ2) is 9.28. The van der Waals surface area contributed by atoms with Crippen molar-refractivity contribution in [3.63, 3.8) is 0 Å². The SMILES string of the molecule is COC(=O)/C=C/[C@@H](OCc1ccccc1)[C@@H](C)CCO. The molecule has 4 heteroatoms. The molecule has 0 heterocycles. The van der Waals surface area contributed by atoms with Crippen molar-refractivity contribution < 1.29 is 19.4 Å². The zero-order valence-corrected chi connectivity index (χ0v) is 12.0. The molecular formula is C16H22O4. The topological polar surface area (TPSA) is 55.8 Å². The standard InChI is InChI=1S/C16H22O4/c1-13(10-11-17)15(8-9-16(18)19-2)20-12-14-6-4-3-5-7-14/h3-9,13,15,17H,10-12H2,1-2H3/b9-8+/t13-,15+/m0/s1. The molecule has 0 radical (unpaired) electrons. The molecule has 0 bridgehead atoms. The summed E-state index contributed by atoms with van der Waals surface area (Å²) >= 11 is 0. The Morgan fingerprint density at radius 1 is 1.35 bits per heavy atom. The second-order valence-electron chi connectivity index (χ2n) is 4.63. The van der Waals surface area contributed by atoms with Crippen LogP contribution in [-0.2, 0) is 20.9 Å². The van der Waals surface area contributed by atoms with E-state index in [0.29, 0.717) is 13.0 Å². The maximum absolute atomic E-state index is 11.2. The average Bonchev–Trinajstić information content (AvgIpc) is 2.48. The number of aliphatic hydroxyl groups excluding tert-OH is 1. The maximum atomic E-state index is 11.2. The molecule has 0 aliphatic heterocycles. The second-order valence-corrected chi connectivity index (χ2v) is 4.63. The molecule has 1 aromatic carbocycles. The molecule has 0 saturated heterocycles. The van der Waals surface area contributed by atoms with Crippen LogP contribution in [0.25, 0.3) is 0 Å².